The second-order valence-electron chi connectivity index (χ2n) is 4.43. The number of esters is 1. The SMILES string of the molecule is O=C(COC(=O)COc1ccccc1F)Nc1ccc(Br)cc1. The molecule has 23 heavy (non-hydrogen) atoms. The number of carbonyl (C=O) groups is 2. The Kier molecular flexibility index (Phi) is 6.10. The molecule has 2 aromatic rings. The number of hydrogen-bond acceptors (Lipinski definition) is 4. The molecule has 0 heterocycles. The fourth-order valence-corrected chi connectivity index (χ4v) is 1.88. The fraction of sp³-hybridized carbons (Fsp3) is 0.125. The zero-order chi connectivity index (χ0) is 16.7. The first kappa shape index (κ1) is 17.0. The summed E-state index contributed by atoms with van der Waals surface area (Å²) in [6.45, 7) is -0.929. The second-order valence-corrected chi connectivity index (χ2v) is 5.35. The first-order valence-electron chi connectivity index (χ1n) is 6.63. The minimum absolute atomic E-state index is 0.0521. The summed E-state index contributed by atoms with van der Waals surface area (Å²) >= 11 is 3.28. The summed E-state index contributed by atoms with van der Waals surface area (Å²) in [6.07, 6.45) is 0. The van der Waals surface area contributed by atoms with Crippen molar-refractivity contribution in [3.05, 3.63) is 58.8 Å². The number of hydrogen-bond donors (Lipinski definition) is 1. The molecule has 0 atom stereocenters. The summed E-state index contributed by atoms with van der Waals surface area (Å²) in [5, 5.41) is 2.57. The van der Waals surface area contributed by atoms with Crippen molar-refractivity contribution in [1.82, 2.24) is 0 Å². The van der Waals surface area contributed by atoms with E-state index in [4.69, 9.17) is 9.47 Å². The number of carbonyl (C=O) groups excluding carboxylic acids is 2. The summed E-state index contributed by atoms with van der Waals surface area (Å²) in [5.41, 5.74) is 0.580. The molecule has 0 radical (unpaired) electrons. The average molecular weight is 382 g/mol. The zero-order valence-electron chi connectivity index (χ0n) is 11.9. The Labute approximate surface area is 140 Å². The van der Waals surface area contributed by atoms with E-state index in [1.54, 1.807) is 30.3 Å². The largest absolute Gasteiger partial charge is 0.479 e. The van der Waals surface area contributed by atoms with Gasteiger partial charge in [-0.2, -0.15) is 0 Å². The van der Waals surface area contributed by atoms with Gasteiger partial charge in [0.05, 0.1) is 0 Å². The molecule has 5 nitrogen and oxygen atoms in total. The van der Waals surface area contributed by atoms with Crippen LogP contribution in [0.2, 0.25) is 0 Å². The number of benzene rings is 2. The van der Waals surface area contributed by atoms with Crippen molar-refractivity contribution in [2.45, 2.75) is 0 Å². The minimum Gasteiger partial charge on any atom is -0.479 e. The van der Waals surface area contributed by atoms with Crippen molar-refractivity contribution in [3.8, 4) is 5.75 Å². The molecule has 0 aliphatic carbocycles. The highest BCUT2D eigenvalue weighted by Gasteiger charge is 2.10. The maximum Gasteiger partial charge on any atom is 0.344 e. The minimum atomic E-state index is -0.765. The first-order chi connectivity index (χ1) is 11.0. The number of halogens is 2. The maximum absolute atomic E-state index is 13.3. The summed E-state index contributed by atoms with van der Waals surface area (Å²) in [4.78, 5) is 23.1. The van der Waals surface area contributed by atoms with Crippen LogP contribution in [-0.4, -0.2) is 25.1 Å². The lowest BCUT2D eigenvalue weighted by atomic mass is 10.3. The van der Waals surface area contributed by atoms with Gasteiger partial charge in [0.25, 0.3) is 5.91 Å². The van der Waals surface area contributed by atoms with Gasteiger partial charge in [0.15, 0.2) is 24.8 Å². The van der Waals surface area contributed by atoms with Crippen molar-refractivity contribution in [2.75, 3.05) is 18.5 Å². The van der Waals surface area contributed by atoms with Crippen molar-refractivity contribution in [2.24, 2.45) is 0 Å². The van der Waals surface area contributed by atoms with Crippen LogP contribution in [0.25, 0.3) is 0 Å². The van der Waals surface area contributed by atoms with Gasteiger partial charge >= 0.3 is 5.97 Å². The van der Waals surface area contributed by atoms with Crippen LogP contribution in [0.15, 0.2) is 53.0 Å². The predicted molar refractivity (Wildman–Crippen MR) is 85.6 cm³/mol. The van der Waals surface area contributed by atoms with Crippen LogP contribution in [0, 0.1) is 5.82 Å². The quantitative estimate of drug-likeness (QED) is 0.780. The van der Waals surface area contributed by atoms with Crippen LogP contribution < -0.4 is 10.1 Å². The van der Waals surface area contributed by atoms with Gasteiger partial charge in [0.1, 0.15) is 0 Å². The van der Waals surface area contributed by atoms with Crippen LogP contribution in [0.4, 0.5) is 10.1 Å². The number of nitrogens with one attached hydrogen (secondary N) is 1. The van der Waals surface area contributed by atoms with Gasteiger partial charge < -0.3 is 14.8 Å². The summed E-state index contributed by atoms with van der Waals surface area (Å²) in [7, 11) is 0. The Hall–Kier alpha value is -2.41. The molecule has 0 aromatic heterocycles. The van der Waals surface area contributed by atoms with E-state index in [-0.39, 0.29) is 5.75 Å². The Morgan fingerprint density at radius 2 is 1.74 bits per heavy atom. The van der Waals surface area contributed by atoms with Gasteiger partial charge in [0.2, 0.25) is 0 Å². The number of ether oxygens (including phenoxy) is 2. The van der Waals surface area contributed by atoms with E-state index in [1.165, 1.54) is 18.2 Å². The molecule has 0 aliphatic rings. The van der Waals surface area contributed by atoms with Crippen LogP contribution in [0.5, 0.6) is 5.75 Å². The van der Waals surface area contributed by atoms with E-state index in [0.717, 1.165) is 4.47 Å². The lowest BCUT2D eigenvalue weighted by molar-refractivity contribution is -0.149. The van der Waals surface area contributed by atoms with E-state index in [9.17, 15) is 14.0 Å². The Bertz CT molecular complexity index is 691. The standard InChI is InChI=1S/C16H13BrFNO4/c17-11-5-7-12(8-6-11)19-15(20)9-23-16(21)10-22-14-4-2-1-3-13(14)18/h1-8H,9-10H2,(H,19,20). The molecule has 0 aliphatic heterocycles. The number of amides is 1. The number of anilines is 1. The van der Waals surface area contributed by atoms with Gasteiger partial charge in [-0.25, -0.2) is 9.18 Å². The van der Waals surface area contributed by atoms with Crippen LogP contribution in [0.3, 0.4) is 0 Å². The topological polar surface area (TPSA) is 64.6 Å². The Balaban J connectivity index is 1.72. The first-order valence-corrected chi connectivity index (χ1v) is 7.42. The van der Waals surface area contributed by atoms with Crippen molar-refractivity contribution >= 4 is 33.5 Å². The van der Waals surface area contributed by atoms with Crippen LogP contribution >= 0.6 is 15.9 Å². The van der Waals surface area contributed by atoms with E-state index in [2.05, 4.69) is 21.2 Å². The molecular formula is C16H13BrFNO4. The Morgan fingerprint density at radius 1 is 1.04 bits per heavy atom. The van der Waals surface area contributed by atoms with Crippen LogP contribution in [0.1, 0.15) is 0 Å². The van der Waals surface area contributed by atoms with Gasteiger partial charge in [0, 0.05) is 10.2 Å². The number of para-hydroxylation sites is 1. The summed E-state index contributed by atoms with van der Waals surface area (Å²) < 4.78 is 23.9. The molecule has 2 rings (SSSR count). The molecule has 0 unspecified atom stereocenters. The Morgan fingerprint density at radius 3 is 2.43 bits per heavy atom. The smallest absolute Gasteiger partial charge is 0.344 e. The van der Waals surface area contributed by atoms with E-state index in [0.29, 0.717) is 5.69 Å². The highest BCUT2D eigenvalue weighted by molar-refractivity contribution is 9.10. The zero-order valence-corrected chi connectivity index (χ0v) is 13.5. The van der Waals surface area contributed by atoms with Gasteiger partial charge in [-0.05, 0) is 36.4 Å². The maximum atomic E-state index is 13.3. The summed E-state index contributed by atoms with van der Waals surface area (Å²) in [5.74, 6) is -1.87. The van der Waals surface area contributed by atoms with Gasteiger partial charge in [-0.1, -0.05) is 28.1 Å². The highest BCUT2D eigenvalue weighted by Crippen LogP contribution is 2.15. The fourth-order valence-electron chi connectivity index (χ4n) is 1.62. The third kappa shape index (κ3) is 5.71. The second kappa shape index (κ2) is 8.28. The molecule has 120 valence electrons. The molecular weight excluding hydrogens is 369 g/mol. The lowest BCUT2D eigenvalue weighted by Gasteiger charge is -2.08. The number of rotatable bonds is 6. The van der Waals surface area contributed by atoms with E-state index in [1.807, 2.05) is 0 Å². The monoisotopic (exact) mass is 381 g/mol. The van der Waals surface area contributed by atoms with Crippen molar-refractivity contribution < 1.29 is 23.5 Å². The molecule has 2 aromatic carbocycles. The third-order valence-corrected chi connectivity index (χ3v) is 3.20. The molecule has 1 amide bonds. The highest BCUT2D eigenvalue weighted by atomic mass is 79.9. The van der Waals surface area contributed by atoms with E-state index >= 15 is 0 Å². The van der Waals surface area contributed by atoms with Gasteiger partial charge in [-0.3, -0.25) is 4.79 Å². The molecule has 1 N–H and O–H groups in total. The molecule has 0 bridgehead atoms. The molecule has 0 saturated carbocycles. The molecule has 0 spiro atoms. The average Bonchev–Trinajstić information content (AvgIpc) is 2.54. The van der Waals surface area contributed by atoms with E-state index < -0.39 is 30.9 Å². The van der Waals surface area contributed by atoms with Crippen molar-refractivity contribution in [1.29, 1.82) is 0 Å². The predicted octanol–water partition coefficient (Wildman–Crippen LogP) is 3.15. The normalized spacial score (nSPS) is 10.0. The summed E-state index contributed by atoms with van der Waals surface area (Å²) in [6, 6.07) is 12.6. The lowest BCUT2D eigenvalue weighted by Crippen LogP contribution is -2.23. The van der Waals surface area contributed by atoms with Crippen molar-refractivity contribution in [3.63, 3.8) is 0 Å². The third-order valence-electron chi connectivity index (χ3n) is 2.67. The van der Waals surface area contributed by atoms with Crippen LogP contribution in [-0.2, 0) is 14.3 Å². The molecule has 0 saturated heterocycles. The molecule has 7 heteroatoms. The molecule has 0 fully saturated rings. The van der Waals surface area contributed by atoms with Gasteiger partial charge in [-0.15, -0.1) is 0 Å².